The van der Waals surface area contributed by atoms with Crippen molar-refractivity contribution in [1.29, 1.82) is 0 Å². The molecule has 5 rings (SSSR count). The number of pyridine rings is 1. The van der Waals surface area contributed by atoms with Crippen LogP contribution in [0.25, 0.3) is 10.9 Å². The highest BCUT2D eigenvalue weighted by Gasteiger charge is 2.55. The van der Waals surface area contributed by atoms with Crippen LogP contribution >= 0.6 is 15.9 Å². The van der Waals surface area contributed by atoms with Gasteiger partial charge in [-0.2, -0.15) is 0 Å². The van der Waals surface area contributed by atoms with E-state index in [1.807, 2.05) is 41.1 Å². The molecule has 2 saturated carbocycles. The largest absolute Gasteiger partial charge is 0.481 e. The van der Waals surface area contributed by atoms with Gasteiger partial charge in [0.25, 0.3) is 5.91 Å². The third kappa shape index (κ3) is 3.66. The normalized spacial score (nSPS) is 24.1. The molecule has 0 bridgehead atoms. The Bertz CT molecular complexity index is 1190. The van der Waals surface area contributed by atoms with E-state index in [9.17, 15) is 9.59 Å². The van der Waals surface area contributed by atoms with E-state index >= 15 is 0 Å². The monoisotopic (exact) mass is 497 g/mol. The molecule has 0 unspecified atom stereocenters. The van der Waals surface area contributed by atoms with Crippen molar-refractivity contribution in [3.05, 3.63) is 58.3 Å². The second kappa shape index (κ2) is 7.92. The van der Waals surface area contributed by atoms with Gasteiger partial charge in [0, 0.05) is 29.5 Å². The zero-order chi connectivity index (χ0) is 22.5. The molecule has 2 aliphatic rings. The van der Waals surface area contributed by atoms with Gasteiger partial charge in [-0.05, 0) is 54.9 Å². The molecular weight excluding hydrogens is 474 g/mol. The van der Waals surface area contributed by atoms with Gasteiger partial charge in [-0.3, -0.25) is 9.59 Å². The third-order valence-electron chi connectivity index (χ3n) is 6.87. The van der Waals surface area contributed by atoms with Crippen molar-refractivity contribution >= 4 is 38.7 Å². The van der Waals surface area contributed by atoms with Crippen LogP contribution in [-0.2, 0) is 11.3 Å². The van der Waals surface area contributed by atoms with Crippen LogP contribution in [-0.4, -0.2) is 39.7 Å². The molecule has 166 valence electrons. The van der Waals surface area contributed by atoms with Crippen molar-refractivity contribution < 1.29 is 19.4 Å². The molecule has 0 saturated heterocycles. The van der Waals surface area contributed by atoms with Crippen molar-refractivity contribution in [2.24, 2.45) is 11.3 Å². The second-order valence-electron chi connectivity index (χ2n) is 9.04. The molecular formula is C24H24BrN3O4. The summed E-state index contributed by atoms with van der Waals surface area (Å²) in [6.45, 7) is 0.618. The van der Waals surface area contributed by atoms with Crippen molar-refractivity contribution in [2.45, 2.75) is 38.3 Å². The van der Waals surface area contributed by atoms with Crippen LogP contribution < -0.4 is 10.1 Å². The lowest BCUT2D eigenvalue weighted by atomic mass is 9.50. The third-order valence-corrected chi connectivity index (χ3v) is 7.39. The summed E-state index contributed by atoms with van der Waals surface area (Å²) in [5, 5.41) is 13.0. The minimum atomic E-state index is -0.707. The van der Waals surface area contributed by atoms with E-state index in [4.69, 9.17) is 9.84 Å². The van der Waals surface area contributed by atoms with Gasteiger partial charge >= 0.3 is 5.97 Å². The number of benzene rings is 1. The number of hydrogen-bond donors (Lipinski definition) is 2. The fourth-order valence-electron chi connectivity index (χ4n) is 5.29. The summed E-state index contributed by atoms with van der Waals surface area (Å²) < 4.78 is 8.49. The second-order valence-corrected chi connectivity index (χ2v) is 9.95. The number of methoxy groups -OCH3 is 1. The van der Waals surface area contributed by atoms with Gasteiger partial charge in [-0.1, -0.05) is 28.1 Å². The zero-order valence-electron chi connectivity index (χ0n) is 17.7. The maximum Gasteiger partial charge on any atom is 0.306 e. The summed E-state index contributed by atoms with van der Waals surface area (Å²) in [6.07, 6.45) is 6.65. The van der Waals surface area contributed by atoms with Crippen molar-refractivity contribution in [3.63, 3.8) is 0 Å². The fourth-order valence-corrected chi connectivity index (χ4v) is 5.55. The fraction of sp³-hybridized carbons (Fsp3) is 0.375. The number of rotatable bonds is 6. The number of fused-ring (bicyclic) bond motifs is 1. The molecule has 2 aliphatic carbocycles. The molecule has 1 spiro atoms. The van der Waals surface area contributed by atoms with E-state index in [0.29, 0.717) is 18.0 Å². The lowest BCUT2D eigenvalue weighted by molar-refractivity contribution is -0.155. The van der Waals surface area contributed by atoms with E-state index in [0.717, 1.165) is 46.6 Å². The molecule has 1 amide bonds. The van der Waals surface area contributed by atoms with Crippen LogP contribution in [0.5, 0.6) is 5.88 Å². The van der Waals surface area contributed by atoms with Gasteiger partial charge in [0.2, 0.25) is 5.88 Å². The number of halogens is 1. The number of carboxylic acid groups (broad SMARTS) is 1. The SMILES string of the molecule is COc1ncc(C(=O)NC2CC3(C2)CC(C(=O)O)C3)c2c1ccn2Cc1ccc(Br)cc1. The van der Waals surface area contributed by atoms with Crippen molar-refractivity contribution in [3.8, 4) is 5.88 Å². The maximum absolute atomic E-state index is 13.2. The van der Waals surface area contributed by atoms with Crippen LogP contribution in [0.1, 0.15) is 41.6 Å². The Morgan fingerprint density at radius 1 is 1.22 bits per heavy atom. The lowest BCUT2D eigenvalue weighted by Gasteiger charge is -2.56. The first-order valence-electron chi connectivity index (χ1n) is 10.7. The highest BCUT2D eigenvalue weighted by Crippen LogP contribution is 2.58. The molecule has 0 atom stereocenters. The Labute approximate surface area is 193 Å². The lowest BCUT2D eigenvalue weighted by Crippen LogP contribution is -2.57. The van der Waals surface area contributed by atoms with Gasteiger partial charge < -0.3 is 19.7 Å². The van der Waals surface area contributed by atoms with Crippen LogP contribution in [0.3, 0.4) is 0 Å². The number of carbonyl (C=O) groups is 2. The van der Waals surface area contributed by atoms with E-state index in [1.54, 1.807) is 13.3 Å². The summed E-state index contributed by atoms with van der Waals surface area (Å²) >= 11 is 3.46. The number of ether oxygens (including phenoxy) is 1. The van der Waals surface area contributed by atoms with Gasteiger partial charge in [0.05, 0.1) is 29.5 Å². The molecule has 0 radical (unpaired) electrons. The summed E-state index contributed by atoms with van der Waals surface area (Å²) in [6, 6.07) is 10.1. The minimum absolute atomic E-state index is 0.0734. The first-order valence-corrected chi connectivity index (χ1v) is 11.5. The Morgan fingerprint density at radius 2 is 1.94 bits per heavy atom. The maximum atomic E-state index is 13.2. The molecule has 2 N–H and O–H groups in total. The topological polar surface area (TPSA) is 93.4 Å². The smallest absolute Gasteiger partial charge is 0.306 e. The molecule has 8 heteroatoms. The van der Waals surface area contributed by atoms with Crippen LogP contribution in [0.15, 0.2) is 47.2 Å². The highest BCUT2D eigenvalue weighted by molar-refractivity contribution is 9.10. The van der Waals surface area contributed by atoms with E-state index in [-0.39, 0.29) is 23.3 Å². The standard InChI is InChI=1S/C24H24BrN3O4/c1-32-22-18-6-7-28(13-14-2-4-16(25)5-3-14)20(18)19(12-26-22)21(29)27-17-10-24(11-17)8-15(9-24)23(30)31/h2-7,12,15,17H,8-11,13H2,1H3,(H,27,29)(H,30,31). The molecule has 2 aromatic heterocycles. The highest BCUT2D eigenvalue weighted by atomic mass is 79.9. The summed E-state index contributed by atoms with van der Waals surface area (Å²) in [4.78, 5) is 28.6. The minimum Gasteiger partial charge on any atom is -0.481 e. The average molecular weight is 498 g/mol. The van der Waals surface area contributed by atoms with Gasteiger partial charge in [-0.25, -0.2) is 4.98 Å². The number of aliphatic carboxylic acids is 1. The quantitative estimate of drug-likeness (QED) is 0.531. The Kier molecular flexibility index (Phi) is 5.20. The number of nitrogens with one attached hydrogen (secondary N) is 1. The van der Waals surface area contributed by atoms with Gasteiger partial charge in [0.1, 0.15) is 0 Å². The van der Waals surface area contributed by atoms with E-state index < -0.39 is 5.97 Å². The van der Waals surface area contributed by atoms with E-state index in [1.165, 1.54) is 0 Å². The van der Waals surface area contributed by atoms with Gasteiger partial charge in [-0.15, -0.1) is 0 Å². The summed E-state index contributed by atoms with van der Waals surface area (Å²) in [5.41, 5.74) is 2.53. The number of hydrogen-bond acceptors (Lipinski definition) is 4. The predicted molar refractivity (Wildman–Crippen MR) is 123 cm³/mol. The molecule has 7 nitrogen and oxygen atoms in total. The van der Waals surface area contributed by atoms with Crippen LogP contribution in [0, 0.1) is 11.3 Å². The predicted octanol–water partition coefficient (Wildman–Crippen LogP) is 4.23. The molecule has 3 aromatic rings. The number of carbonyl (C=O) groups excluding carboxylic acids is 1. The Morgan fingerprint density at radius 3 is 2.59 bits per heavy atom. The first kappa shape index (κ1) is 21.0. The molecule has 2 heterocycles. The Balaban J connectivity index is 1.36. The van der Waals surface area contributed by atoms with Gasteiger partial charge in [0.15, 0.2) is 0 Å². The van der Waals surface area contributed by atoms with E-state index in [2.05, 4.69) is 26.2 Å². The van der Waals surface area contributed by atoms with Crippen molar-refractivity contribution in [2.75, 3.05) is 7.11 Å². The first-order chi connectivity index (χ1) is 15.4. The zero-order valence-corrected chi connectivity index (χ0v) is 19.3. The number of aromatic nitrogens is 2. The molecule has 1 aromatic carbocycles. The Hall–Kier alpha value is -2.87. The summed E-state index contributed by atoms with van der Waals surface area (Å²) in [7, 11) is 1.57. The van der Waals surface area contributed by atoms with Crippen molar-refractivity contribution in [1.82, 2.24) is 14.9 Å². The summed E-state index contributed by atoms with van der Waals surface area (Å²) in [5.74, 6) is -0.599. The average Bonchev–Trinajstić information content (AvgIpc) is 3.13. The van der Waals surface area contributed by atoms with Crippen LogP contribution in [0.2, 0.25) is 0 Å². The molecule has 32 heavy (non-hydrogen) atoms. The molecule has 2 fully saturated rings. The number of amides is 1. The number of carboxylic acids is 1. The van der Waals surface area contributed by atoms with Crippen LogP contribution in [0.4, 0.5) is 0 Å². The number of nitrogens with zero attached hydrogens (tertiary/aromatic N) is 2. The molecule has 0 aliphatic heterocycles.